The second-order valence-electron chi connectivity index (χ2n) is 4.10. The molecule has 0 fully saturated rings. The minimum Gasteiger partial charge on any atom is -0.461 e. The van der Waals surface area contributed by atoms with Crippen LogP contribution in [-0.2, 0) is 17.6 Å². The SMILES string of the molecule is CCOC(=O)c1cc2ncc3c(n2n1)CCC3. The van der Waals surface area contributed by atoms with Gasteiger partial charge >= 0.3 is 5.97 Å². The highest BCUT2D eigenvalue weighted by Crippen LogP contribution is 2.21. The summed E-state index contributed by atoms with van der Waals surface area (Å²) in [4.78, 5) is 15.9. The minimum atomic E-state index is -0.384. The molecule has 0 unspecified atom stereocenters. The number of fused-ring (bicyclic) bond motifs is 3. The van der Waals surface area contributed by atoms with Crippen LogP contribution in [0.1, 0.15) is 35.1 Å². The van der Waals surface area contributed by atoms with Crippen LogP contribution >= 0.6 is 0 Å². The van der Waals surface area contributed by atoms with E-state index in [9.17, 15) is 4.79 Å². The predicted octanol–water partition coefficient (Wildman–Crippen LogP) is 1.39. The first kappa shape index (κ1) is 10.3. The fourth-order valence-electron chi connectivity index (χ4n) is 2.24. The van der Waals surface area contributed by atoms with Gasteiger partial charge in [0.1, 0.15) is 0 Å². The smallest absolute Gasteiger partial charge is 0.358 e. The number of hydrogen-bond donors (Lipinski definition) is 0. The summed E-state index contributed by atoms with van der Waals surface area (Å²) >= 11 is 0. The third kappa shape index (κ3) is 1.58. The number of esters is 1. The first-order chi connectivity index (χ1) is 8.29. The lowest BCUT2D eigenvalue weighted by molar-refractivity contribution is 0.0519. The van der Waals surface area contributed by atoms with Crippen molar-refractivity contribution in [2.24, 2.45) is 0 Å². The zero-order chi connectivity index (χ0) is 11.8. The molecule has 0 atom stereocenters. The molecule has 3 rings (SSSR count). The molecule has 88 valence electrons. The number of rotatable bonds is 2. The quantitative estimate of drug-likeness (QED) is 0.733. The predicted molar refractivity (Wildman–Crippen MR) is 61.0 cm³/mol. The van der Waals surface area contributed by atoms with Crippen molar-refractivity contribution >= 4 is 11.6 Å². The summed E-state index contributed by atoms with van der Waals surface area (Å²) < 4.78 is 6.71. The van der Waals surface area contributed by atoms with Gasteiger partial charge in [-0.05, 0) is 31.7 Å². The van der Waals surface area contributed by atoms with Gasteiger partial charge in [-0.1, -0.05) is 0 Å². The molecule has 5 nitrogen and oxygen atoms in total. The molecule has 2 heterocycles. The Hall–Kier alpha value is -1.91. The van der Waals surface area contributed by atoms with Crippen molar-refractivity contribution in [2.75, 3.05) is 6.61 Å². The van der Waals surface area contributed by atoms with Gasteiger partial charge in [-0.2, -0.15) is 5.10 Å². The number of carbonyl (C=O) groups is 1. The Morgan fingerprint density at radius 3 is 3.24 bits per heavy atom. The van der Waals surface area contributed by atoms with E-state index < -0.39 is 0 Å². The summed E-state index contributed by atoms with van der Waals surface area (Å²) in [6.07, 6.45) is 5.06. The second kappa shape index (κ2) is 3.84. The van der Waals surface area contributed by atoms with Gasteiger partial charge in [0.2, 0.25) is 0 Å². The summed E-state index contributed by atoms with van der Waals surface area (Å²) in [6, 6.07) is 1.68. The van der Waals surface area contributed by atoms with E-state index >= 15 is 0 Å². The number of carbonyl (C=O) groups excluding carboxylic acids is 1. The zero-order valence-electron chi connectivity index (χ0n) is 9.64. The van der Waals surface area contributed by atoms with E-state index in [0.29, 0.717) is 17.9 Å². The number of aryl methyl sites for hydroxylation is 2. The number of aromatic nitrogens is 3. The molecule has 1 aliphatic carbocycles. The Morgan fingerprint density at radius 2 is 2.41 bits per heavy atom. The molecular formula is C12H13N3O2. The monoisotopic (exact) mass is 231 g/mol. The summed E-state index contributed by atoms with van der Waals surface area (Å²) in [6.45, 7) is 2.14. The van der Waals surface area contributed by atoms with Crippen LogP contribution in [0.15, 0.2) is 12.3 Å². The van der Waals surface area contributed by atoms with Crippen molar-refractivity contribution in [1.82, 2.24) is 14.6 Å². The van der Waals surface area contributed by atoms with Crippen LogP contribution < -0.4 is 0 Å². The molecule has 5 heteroatoms. The Kier molecular flexibility index (Phi) is 2.31. The summed E-state index contributed by atoms with van der Waals surface area (Å²) in [5.41, 5.74) is 3.45. The molecule has 0 aliphatic heterocycles. The highest BCUT2D eigenvalue weighted by molar-refractivity contribution is 5.88. The van der Waals surface area contributed by atoms with Crippen LogP contribution in [-0.4, -0.2) is 27.2 Å². The number of ether oxygens (including phenoxy) is 1. The van der Waals surface area contributed by atoms with Crippen LogP contribution in [0.25, 0.3) is 5.65 Å². The van der Waals surface area contributed by atoms with E-state index in [0.717, 1.165) is 19.3 Å². The first-order valence-electron chi connectivity index (χ1n) is 5.83. The van der Waals surface area contributed by atoms with Gasteiger partial charge in [0, 0.05) is 18.0 Å². The van der Waals surface area contributed by atoms with Gasteiger partial charge in [0.05, 0.1) is 6.61 Å². The summed E-state index contributed by atoms with van der Waals surface area (Å²) in [5, 5.41) is 4.28. The lowest BCUT2D eigenvalue weighted by atomic mass is 10.3. The van der Waals surface area contributed by atoms with Crippen LogP contribution in [0.5, 0.6) is 0 Å². The van der Waals surface area contributed by atoms with Crippen molar-refractivity contribution in [1.29, 1.82) is 0 Å². The lowest BCUT2D eigenvalue weighted by Gasteiger charge is -2.00. The van der Waals surface area contributed by atoms with Crippen molar-refractivity contribution in [3.63, 3.8) is 0 Å². The fourth-order valence-corrected chi connectivity index (χ4v) is 2.24. The van der Waals surface area contributed by atoms with Gasteiger partial charge in [0.15, 0.2) is 11.3 Å². The van der Waals surface area contributed by atoms with Gasteiger partial charge in [-0.25, -0.2) is 14.3 Å². The normalized spacial score (nSPS) is 13.9. The molecule has 0 saturated heterocycles. The third-order valence-corrected chi connectivity index (χ3v) is 3.01. The zero-order valence-corrected chi connectivity index (χ0v) is 9.64. The van der Waals surface area contributed by atoms with Crippen LogP contribution in [0.3, 0.4) is 0 Å². The Morgan fingerprint density at radius 1 is 1.53 bits per heavy atom. The second-order valence-corrected chi connectivity index (χ2v) is 4.10. The molecule has 0 aromatic carbocycles. The average Bonchev–Trinajstić information content (AvgIpc) is 2.94. The first-order valence-corrected chi connectivity index (χ1v) is 5.83. The highest BCUT2D eigenvalue weighted by Gasteiger charge is 2.19. The maximum absolute atomic E-state index is 11.6. The van der Waals surface area contributed by atoms with Crippen LogP contribution in [0, 0.1) is 0 Å². The van der Waals surface area contributed by atoms with Gasteiger partial charge in [-0.15, -0.1) is 0 Å². The summed E-state index contributed by atoms with van der Waals surface area (Å²) in [7, 11) is 0. The molecule has 2 aromatic heterocycles. The van der Waals surface area contributed by atoms with Gasteiger partial charge in [-0.3, -0.25) is 0 Å². The molecule has 17 heavy (non-hydrogen) atoms. The molecule has 0 spiro atoms. The Labute approximate surface area is 98.4 Å². The number of nitrogens with zero attached hydrogens (tertiary/aromatic N) is 3. The van der Waals surface area contributed by atoms with Gasteiger partial charge < -0.3 is 4.74 Å². The topological polar surface area (TPSA) is 56.5 Å². The van der Waals surface area contributed by atoms with Crippen LogP contribution in [0.4, 0.5) is 0 Å². The van der Waals surface area contributed by atoms with E-state index in [1.54, 1.807) is 17.5 Å². The minimum absolute atomic E-state index is 0.333. The molecule has 0 bridgehead atoms. The molecule has 2 aromatic rings. The van der Waals surface area contributed by atoms with Crippen molar-refractivity contribution in [3.8, 4) is 0 Å². The third-order valence-electron chi connectivity index (χ3n) is 3.01. The molecule has 1 aliphatic rings. The molecule has 0 saturated carbocycles. The van der Waals surface area contributed by atoms with E-state index in [1.165, 1.54) is 11.3 Å². The van der Waals surface area contributed by atoms with Crippen LogP contribution in [0.2, 0.25) is 0 Å². The number of hydrogen-bond acceptors (Lipinski definition) is 4. The average molecular weight is 231 g/mol. The molecule has 0 amide bonds. The summed E-state index contributed by atoms with van der Waals surface area (Å²) in [5.74, 6) is -0.384. The molecule has 0 radical (unpaired) electrons. The van der Waals surface area contributed by atoms with Crippen molar-refractivity contribution < 1.29 is 9.53 Å². The maximum Gasteiger partial charge on any atom is 0.358 e. The Bertz CT molecular complexity index is 589. The fraction of sp³-hybridized carbons (Fsp3) is 0.417. The molecule has 0 N–H and O–H groups in total. The van der Waals surface area contributed by atoms with Gasteiger partial charge in [0.25, 0.3) is 0 Å². The van der Waals surface area contributed by atoms with E-state index in [2.05, 4.69) is 10.1 Å². The molecular weight excluding hydrogens is 218 g/mol. The lowest BCUT2D eigenvalue weighted by Crippen LogP contribution is -2.06. The van der Waals surface area contributed by atoms with Crippen molar-refractivity contribution in [2.45, 2.75) is 26.2 Å². The van der Waals surface area contributed by atoms with Crippen molar-refractivity contribution in [3.05, 3.63) is 29.2 Å². The van der Waals surface area contributed by atoms with E-state index in [-0.39, 0.29) is 5.97 Å². The standard InChI is InChI=1S/C12H13N3O2/c1-2-17-12(16)9-6-11-13-7-8-4-3-5-10(8)15(11)14-9/h6-7H,2-5H2,1H3. The maximum atomic E-state index is 11.6. The largest absolute Gasteiger partial charge is 0.461 e. The van der Waals surface area contributed by atoms with E-state index in [1.807, 2.05) is 6.20 Å². The van der Waals surface area contributed by atoms with E-state index in [4.69, 9.17) is 4.74 Å². The Balaban J connectivity index is 2.10. The highest BCUT2D eigenvalue weighted by atomic mass is 16.5.